The van der Waals surface area contributed by atoms with Crippen LogP contribution in [0.3, 0.4) is 0 Å². The first-order chi connectivity index (χ1) is 7.49. The van der Waals surface area contributed by atoms with Crippen LogP contribution in [0.2, 0.25) is 0 Å². The Balaban J connectivity index is 2.82. The highest BCUT2D eigenvalue weighted by Gasteiger charge is 2.37. The Labute approximate surface area is 96.1 Å². The molecule has 0 unspecified atom stereocenters. The lowest BCUT2D eigenvalue weighted by Gasteiger charge is -2.28. The highest BCUT2D eigenvalue weighted by atomic mass is 16.5. The van der Waals surface area contributed by atoms with Crippen LogP contribution < -0.4 is 5.32 Å². The third-order valence-electron chi connectivity index (χ3n) is 2.43. The number of nitrogens with one attached hydrogen (secondary N) is 1. The zero-order valence-electron chi connectivity index (χ0n) is 9.58. The predicted octanol–water partition coefficient (Wildman–Crippen LogP) is 0.421. The maximum Gasteiger partial charge on any atom is 0.256 e. The zero-order valence-corrected chi connectivity index (χ0v) is 9.58. The molecular formula is C10H15BN2O3. The van der Waals surface area contributed by atoms with Crippen LogP contribution in [0, 0.1) is 0 Å². The average molecular weight is 222 g/mol. The van der Waals surface area contributed by atoms with E-state index in [2.05, 4.69) is 10.3 Å². The van der Waals surface area contributed by atoms with Crippen LogP contribution in [-0.4, -0.2) is 44.0 Å². The van der Waals surface area contributed by atoms with Gasteiger partial charge in [-0.15, -0.1) is 0 Å². The molecule has 1 heterocycles. The Kier molecular flexibility index (Phi) is 4.09. The molecular weight excluding hydrogens is 207 g/mol. The first kappa shape index (κ1) is 12.7. The van der Waals surface area contributed by atoms with Gasteiger partial charge in [0, 0.05) is 0 Å². The molecule has 1 amide bonds. The largest absolute Gasteiger partial charge is 0.473 e. The van der Waals surface area contributed by atoms with Gasteiger partial charge in [-0.05, 0) is 13.3 Å². The van der Waals surface area contributed by atoms with Crippen molar-refractivity contribution in [3.05, 3.63) is 0 Å². The molecule has 0 spiro atoms. The third kappa shape index (κ3) is 2.84. The lowest BCUT2D eigenvalue weighted by molar-refractivity contribution is -0.119. The standard InChI is InChI=1S/C10H15BN2O3/c1-3-4-10(2,13-9(11)15)7(14)8-12-5-6-16-8/h3-6H2,1-2H3,(H,13,15)/t10-/m0/s1. The summed E-state index contributed by atoms with van der Waals surface area (Å²) in [6, 6.07) is 0. The molecule has 2 radical (unpaired) electrons. The molecule has 1 rings (SSSR count). The normalized spacial score (nSPS) is 18.2. The predicted molar refractivity (Wildman–Crippen MR) is 60.9 cm³/mol. The zero-order chi connectivity index (χ0) is 12.2. The summed E-state index contributed by atoms with van der Waals surface area (Å²) < 4.78 is 5.10. The van der Waals surface area contributed by atoms with Crippen LogP contribution in [0.5, 0.6) is 0 Å². The third-order valence-corrected chi connectivity index (χ3v) is 2.43. The molecule has 5 nitrogen and oxygen atoms in total. The van der Waals surface area contributed by atoms with Gasteiger partial charge < -0.3 is 10.1 Å². The number of amides is 1. The second-order valence-corrected chi connectivity index (χ2v) is 3.94. The fourth-order valence-corrected chi connectivity index (χ4v) is 1.71. The van der Waals surface area contributed by atoms with Crippen molar-refractivity contribution in [2.45, 2.75) is 32.2 Å². The summed E-state index contributed by atoms with van der Waals surface area (Å²) in [5.74, 6) is -0.946. The van der Waals surface area contributed by atoms with E-state index in [1.54, 1.807) is 6.92 Å². The summed E-state index contributed by atoms with van der Waals surface area (Å²) in [5, 5.41) is 2.46. The summed E-state index contributed by atoms with van der Waals surface area (Å²) >= 11 is 0. The van der Waals surface area contributed by atoms with Gasteiger partial charge >= 0.3 is 0 Å². The van der Waals surface area contributed by atoms with Crippen LogP contribution >= 0.6 is 0 Å². The smallest absolute Gasteiger partial charge is 0.256 e. The van der Waals surface area contributed by atoms with E-state index in [9.17, 15) is 9.59 Å². The van der Waals surface area contributed by atoms with Crippen molar-refractivity contribution < 1.29 is 14.3 Å². The van der Waals surface area contributed by atoms with E-state index in [1.165, 1.54) is 0 Å². The maximum absolute atomic E-state index is 12.1. The second-order valence-electron chi connectivity index (χ2n) is 3.94. The summed E-state index contributed by atoms with van der Waals surface area (Å²) in [4.78, 5) is 26.9. The Morgan fingerprint density at radius 3 is 2.75 bits per heavy atom. The molecule has 0 aromatic rings. The quantitative estimate of drug-likeness (QED) is 0.685. The van der Waals surface area contributed by atoms with Gasteiger partial charge in [0.15, 0.2) is 5.81 Å². The molecule has 0 aliphatic carbocycles. The van der Waals surface area contributed by atoms with Crippen molar-refractivity contribution in [3.63, 3.8) is 0 Å². The van der Waals surface area contributed by atoms with Gasteiger partial charge in [-0.25, -0.2) is 4.99 Å². The van der Waals surface area contributed by atoms with Crippen molar-refractivity contribution in [1.82, 2.24) is 5.32 Å². The number of hydrogen-bond acceptors (Lipinski definition) is 4. The first-order valence-electron chi connectivity index (χ1n) is 5.29. The number of aliphatic imine (C=N–C) groups is 1. The van der Waals surface area contributed by atoms with E-state index < -0.39 is 11.3 Å². The highest BCUT2D eigenvalue weighted by Crippen LogP contribution is 2.16. The molecule has 0 aromatic heterocycles. The Bertz CT molecular complexity index is 330. The van der Waals surface area contributed by atoms with Crippen LogP contribution in [0.4, 0.5) is 4.79 Å². The van der Waals surface area contributed by atoms with Gasteiger partial charge in [-0.3, -0.25) is 9.59 Å². The molecule has 6 heteroatoms. The van der Waals surface area contributed by atoms with E-state index in [-0.39, 0.29) is 11.7 Å². The van der Waals surface area contributed by atoms with Crippen LogP contribution in [0.15, 0.2) is 4.99 Å². The van der Waals surface area contributed by atoms with Gasteiger partial charge in [-0.2, -0.15) is 0 Å². The average Bonchev–Trinajstić information content (AvgIpc) is 2.68. The van der Waals surface area contributed by atoms with Gasteiger partial charge in [0.2, 0.25) is 13.6 Å². The van der Waals surface area contributed by atoms with Gasteiger partial charge in [0.05, 0.1) is 6.54 Å². The van der Waals surface area contributed by atoms with Crippen molar-refractivity contribution in [1.29, 1.82) is 0 Å². The summed E-state index contributed by atoms with van der Waals surface area (Å²) in [6.45, 7) is 4.46. The van der Waals surface area contributed by atoms with E-state index in [1.807, 2.05) is 6.92 Å². The van der Waals surface area contributed by atoms with Crippen LogP contribution in [0.1, 0.15) is 26.7 Å². The molecule has 16 heavy (non-hydrogen) atoms. The topological polar surface area (TPSA) is 67.8 Å². The van der Waals surface area contributed by atoms with Crippen molar-refractivity contribution in [2.24, 2.45) is 4.99 Å². The van der Waals surface area contributed by atoms with E-state index in [4.69, 9.17) is 12.6 Å². The highest BCUT2D eigenvalue weighted by molar-refractivity contribution is 6.57. The molecule has 86 valence electrons. The number of ether oxygens (including phenoxy) is 1. The maximum atomic E-state index is 12.1. The number of carbonyl (C=O) groups excluding carboxylic acids is 2. The fourth-order valence-electron chi connectivity index (χ4n) is 1.71. The van der Waals surface area contributed by atoms with Gasteiger partial charge in [-0.1, -0.05) is 13.3 Å². The van der Waals surface area contributed by atoms with E-state index in [0.717, 1.165) is 6.42 Å². The lowest BCUT2D eigenvalue weighted by atomic mass is 9.89. The number of Topliss-reactive ketones (excluding diaryl/α,β-unsaturated/α-hetero) is 1. The molecule has 1 aliphatic heterocycles. The Morgan fingerprint density at radius 2 is 2.31 bits per heavy atom. The van der Waals surface area contributed by atoms with E-state index >= 15 is 0 Å². The Hall–Kier alpha value is -1.33. The van der Waals surface area contributed by atoms with Crippen molar-refractivity contribution in [3.8, 4) is 0 Å². The summed E-state index contributed by atoms with van der Waals surface area (Å²) in [6.07, 6.45) is 1.24. The number of ketones is 1. The SMILES string of the molecule is [B]C(=O)N[C@@](C)(CCC)C(=O)C1=NCCO1. The minimum Gasteiger partial charge on any atom is -0.473 e. The minimum atomic E-state index is -1.02. The minimum absolute atomic E-state index is 0.0877. The van der Waals surface area contributed by atoms with Crippen molar-refractivity contribution >= 4 is 25.3 Å². The lowest BCUT2D eigenvalue weighted by Crippen LogP contribution is -2.54. The first-order valence-corrected chi connectivity index (χ1v) is 5.29. The van der Waals surface area contributed by atoms with Crippen LogP contribution in [0.25, 0.3) is 0 Å². The number of carbonyl (C=O) groups is 2. The molecule has 0 saturated carbocycles. The molecule has 0 bridgehead atoms. The molecule has 0 saturated heterocycles. The monoisotopic (exact) mass is 222 g/mol. The number of hydrogen-bond donors (Lipinski definition) is 1. The summed E-state index contributed by atoms with van der Waals surface area (Å²) in [7, 11) is 5.06. The molecule has 0 aromatic carbocycles. The van der Waals surface area contributed by atoms with Crippen molar-refractivity contribution in [2.75, 3.05) is 13.2 Å². The molecule has 1 atom stereocenters. The second kappa shape index (κ2) is 5.14. The molecule has 1 aliphatic rings. The Morgan fingerprint density at radius 1 is 1.62 bits per heavy atom. The fraction of sp³-hybridized carbons (Fsp3) is 0.700. The number of rotatable bonds is 5. The van der Waals surface area contributed by atoms with Gasteiger partial charge in [0.25, 0.3) is 5.90 Å². The summed E-state index contributed by atoms with van der Waals surface area (Å²) in [5.41, 5.74) is -1.02. The molecule has 0 fully saturated rings. The van der Waals surface area contributed by atoms with Gasteiger partial charge in [0.1, 0.15) is 12.1 Å². The molecule has 1 N–H and O–H groups in total. The van der Waals surface area contributed by atoms with E-state index in [0.29, 0.717) is 19.6 Å². The number of nitrogens with zero attached hydrogens (tertiary/aromatic N) is 1. The van der Waals surface area contributed by atoms with Crippen LogP contribution in [-0.2, 0) is 9.53 Å².